The quantitative estimate of drug-likeness (QED) is 0.330. The number of aryl methyl sites for hydroxylation is 2. The number of amides is 2. The van der Waals surface area contributed by atoms with Gasteiger partial charge in [0.15, 0.2) is 0 Å². The Morgan fingerprint density at radius 2 is 1.77 bits per heavy atom. The molecule has 1 fully saturated rings. The molecule has 8 heteroatoms. The van der Waals surface area contributed by atoms with Crippen LogP contribution in [-0.2, 0) is 9.53 Å². The van der Waals surface area contributed by atoms with Gasteiger partial charge in [-0.25, -0.2) is 4.79 Å². The van der Waals surface area contributed by atoms with E-state index in [1.54, 1.807) is 18.2 Å². The van der Waals surface area contributed by atoms with Gasteiger partial charge in [-0.3, -0.25) is 14.5 Å². The number of methoxy groups -OCH3 is 1. The molecule has 0 N–H and O–H groups in total. The Morgan fingerprint density at radius 1 is 1.03 bits per heavy atom. The Hall–Kier alpha value is -3.78. The van der Waals surface area contributed by atoms with Gasteiger partial charge in [0.05, 0.1) is 24.1 Å². The topological polar surface area (TPSA) is 77.8 Å². The molecule has 1 aliphatic heterocycles. The van der Waals surface area contributed by atoms with E-state index in [2.05, 4.69) is 0 Å². The van der Waals surface area contributed by atoms with E-state index in [9.17, 15) is 14.4 Å². The number of carbonyl (C=O) groups excluding carboxylic acids is 3. The second kappa shape index (κ2) is 10.2. The fourth-order valence-corrected chi connectivity index (χ4v) is 4.85. The van der Waals surface area contributed by atoms with Crippen molar-refractivity contribution < 1.29 is 23.9 Å². The summed E-state index contributed by atoms with van der Waals surface area (Å²) >= 11 is 0.935. The van der Waals surface area contributed by atoms with Crippen molar-refractivity contribution in [1.82, 2.24) is 9.47 Å². The van der Waals surface area contributed by atoms with Crippen LogP contribution in [0.3, 0.4) is 0 Å². The summed E-state index contributed by atoms with van der Waals surface area (Å²) in [6.45, 7) is 6.30. The molecule has 2 aromatic carbocycles. The second-order valence-electron chi connectivity index (χ2n) is 8.20. The summed E-state index contributed by atoms with van der Waals surface area (Å²) in [5.41, 5.74) is 5.16. The van der Waals surface area contributed by atoms with Crippen LogP contribution >= 0.6 is 11.8 Å². The molecule has 1 aliphatic rings. The van der Waals surface area contributed by atoms with Crippen molar-refractivity contribution in [2.24, 2.45) is 0 Å². The summed E-state index contributed by atoms with van der Waals surface area (Å²) < 4.78 is 12.5. The zero-order valence-corrected chi connectivity index (χ0v) is 20.8. The SMILES string of the molecule is COC(=O)c1ccc(-n2c(C)cc(/C=C3\SC(=O)N(CCOc4cccc(C)c4)C3=O)c2C)cc1. The smallest absolute Gasteiger partial charge is 0.337 e. The van der Waals surface area contributed by atoms with Gasteiger partial charge in [-0.15, -0.1) is 0 Å². The molecule has 0 unspecified atom stereocenters. The molecular formula is C27H26N2O5S. The largest absolute Gasteiger partial charge is 0.492 e. The lowest BCUT2D eigenvalue weighted by atomic mass is 10.2. The molecule has 0 saturated carbocycles. The normalized spacial score (nSPS) is 14.6. The van der Waals surface area contributed by atoms with Crippen LogP contribution in [0, 0.1) is 20.8 Å². The monoisotopic (exact) mass is 490 g/mol. The van der Waals surface area contributed by atoms with Gasteiger partial charge in [0, 0.05) is 17.1 Å². The van der Waals surface area contributed by atoms with E-state index in [-0.39, 0.29) is 24.3 Å². The molecule has 2 amide bonds. The lowest BCUT2D eigenvalue weighted by molar-refractivity contribution is -0.123. The van der Waals surface area contributed by atoms with Crippen LogP contribution in [0.2, 0.25) is 0 Å². The standard InChI is InChI=1S/C27H26N2O5S/c1-17-6-5-7-23(14-17)34-13-12-28-25(30)24(35-27(28)32)16-21-15-18(2)29(19(21)3)22-10-8-20(9-11-22)26(31)33-4/h5-11,14-16H,12-13H2,1-4H3/b24-16-. The van der Waals surface area contributed by atoms with Gasteiger partial charge in [-0.2, -0.15) is 0 Å². The van der Waals surface area contributed by atoms with Gasteiger partial charge in [0.1, 0.15) is 12.4 Å². The van der Waals surface area contributed by atoms with Gasteiger partial charge in [0.2, 0.25) is 0 Å². The molecule has 2 heterocycles. The highest BCUT2D eigenvalue weighted by Gasteiger charge is 2.35. The molecule has 35 heavy (non-hydrogen) atoms. The number of rotatable bonds is 7. The summed E-state index contributed by atoms with van der Waals surface area (Å²) in [7, 11) is 1.35. The van der Waals surface area contributed by atoms with Gasteiger partial charge in [0.25, 0.3) is 11.1 Å². The first-order valence-corrected chi connectivity index (χ1v) is 11.9. The Morgan fingerprint density at radius 3 is 2.46 bits per heavy atom. The number of ether oxygens (including phenoxy) is 2. The average Bonchev–Trinajstić information content (AvgIpc) is 3.27. The van der Waals surface area contributed by atoms with Crippen molar-refractivity contribution in [1.29, 1.82) is 0 Å². The zero-order chi connectivity index (χ0) is 25.1. The number of thioether (sulfide) groups is 1. The van der Waals surface area contributed by atoms with E-state index in [4.69, 9.17) is 9.47 Å². The molecule has 0 spiro atoms. The van der Waals surface area contributed by atoms with Crippen LogP contribution in [0.5, 0.6) is 5.75 Å². The Kier molecular flexibility index (Phi) is 7.12. The number of benzene rings is 2. The number of hydrogen-bond acceptors (Lipinski definition) is 6. The van der Waals surface area contributed by atoms with Crippen LogP contribution in [0.25, 0.3) is 11.8 Å². The summed E-state index contributed by atoms with van der Waals surface area (Å²) in [6, 6.07) is 16.7. The Bertz CT molecular complexity index is 1320. The van der Waals surface area contributed by atoms with E-state index in [0.29, 0.717) is 16.2 Å². The van der Waals surface area contributed by atoms with E-state index in [0.717, 1.165) is 40.0 Å². The molecule has 1 saturated heterocycles. The highest BCUT2D eigenvalue weighted by molar-refractivity contribution is 8.18. The zero-order valence-electron chi connectivity index (χ0n) is 20.0. The van der Waals surface area contributed by atoms with E-state index in [1.807, 2.05) is 67.8 Å². The maximum atomic E-state index is 12.9. The first-order valence-electron chi connectivity index (χ1n) is 11.1. The third-order valence-corrected chi connectivity index (χ3v) is 6.66. The molecule has 3 aromatic rings. The van der Waals surface area contributed by atoms with Crippen molar-refractivity contribution in [3.63, 3.8) is 0 Å². The Labute approximate surface area is 208 Å². The van der Waals surface area contributed by atoms with Gasteiger partial charge in [-0.05, 0) is 92.2 Å². The number of carbonyl (C=O) groups is 3. The van der Waals surface area contributed by atoms with Crippen LogP contribution in [0.4, 0.5) is 4.79 Å². The predicted octanol–water partition coefficient (Wildman–Crippen LogP) is 5.30. The third-order valence-electron chi connectivity index (χ3n) is 5.75. The fraction of sp³-hybridized carbons (Fsp3) is 0.222. The molecule has 1 aromatic heterocycles. The fourth-order valence-electron chi connectivity index (χ4n) is 3.99. The summed E-state index contributed by atoms with van der Waals surface area (Å²) in [6.07, 6.45) is 1.76. The van der Waals surface area contributed by atoms with Crippen molar-refractivity contribution >= 4 is 35.0 Å². The van der Waals surface area contributed by atoms with Crippen molar-refractivity contribution in [2.75, 3.05) is 20.3 Å². The number of aromatic nitrogens is 1. The number of hydrogen-bond donors (Lipinski definition) is 0. The summed E-state index contributed by atoms with van der Waals surface area (Å²) in [4.78, 5) is 38.7. The molecule has 7 nitrogen and oxygen atoms in total. The number of nitrogens with zero attached hydrogens (tertiary/aromatic N) is 2. The molecule has 180 valence electrons. The van der Waals surface area contributed by atoms with Crippen LogP contribution in [0.1, 0.15) is 32.9 Å². The first-order chi connectivity index (χ1) is 16.8. The van der Waals surface area contributed by atoms with Gasteiger partial charge < -0.3 is 14.0 Å². The lowest BCUT2D eigenvalue weighted by Crippen LogP contribution is -2.32. The molecule has 0 bridgehead atoms. The van der Waals surface area contributed by atoms with Crippen molar-refractivity contribution in [2.45, 2.75) is 20.8 Å². The number of imide groups is 1. The highest BCUT2D eigenvalue weighted by atomic mass is 32.2. The second-order valence-corrected chi connectivity index (χ2v) is 9.19. The van der Waals surface area contributed by atoms with Crippen LogP contribution in [0.15, 0.2) is 59.5 Å². The maximum absolute atomic E-state index is 12.9. The lowest BCUT2D eigenvalue weighted by Gasteiger charge is -2.13. The minimum atomic E-state index is -0.391. The van der Waals surface area contributed by atoms with E-state index >= 15 is 0 Å². The molecule has 0 aliphatic carbocycles. The molecule has 4 rings (SSSR count). The van der Waals surface area contributed by atoms with Crippen LogP contribution in [-0.4, -0.2) is 46.8 Å². The minimum absolute atomic E-state index is 0.182. The molecule has 0 atom stereocenters. The maximum Gasteiger partial charge on any atom is 0.337 e. The Balaban J connectivity index is 1.49. The minimum Gasteiger partial charge on any atom is -0.492 e. The van der Waals surface area contributed by atoms with Gasteiger partial charge >= 0.3 is 5.97 Å². The van der Waals surface area contributed by atoms with Crippen LogP contribution < -0.4 is 4.74 Å². The van der Waals surface area contributed by atoms with Gasteiger partial charge in [-0.1, -0.05) is 12.1 Å². The van der Waals surface area contributed by atoms with Crippen molar-refractivity contribution in [3.05, 3.63) is 87.6 Å². The third kappa shape index (κ3) is 5.17. The average molecular weight is 491 g/mol. The molecule has 0 radical (unpaired) electrons. The van der Waals surface area contributed by atoms with Crippen molar-refractivity contribution in [3.8, 4) is 11.4 Å². The first kappa shape index (κ1) is 24.3. The predicted molar refractivity (Wildman–Crippen MR) is 136 cm³/mol. The van der Waals surface area contributed by atoms with E-state index in [1.165, 1.54) is 12.0 Å². The van der Waals surface area contributed by atoms with E-state index < -0.39 is 5.97 Å². The number of esters is 1. The highest BCUT2D eigenvalue weighted by Crippen LogP contribution is 2.33. The molecular weight excluding hydrogens is 464 g/mol. The summed E-state index contributed by atoms with van der Waals surface area (Å²) in [5, 5.41) is -0.304. The summed E-state index contributed by atoms with van der Waals surface area (Å²) in [5.74, 6) is -0.00200.